The molecule has 0 unspecified atom stereocenters. The van der Waals surface area contributed by atoms with E-state index in [-0.39, 0.29) is 0 Å². The van der Waals surface area contributed by atoms with Gasteiger partial charge in [-0.25, -0.2) is 0 Å². The molecule has 0 radical (unpaired) electrons. The molecular weight excluding hydrogens is 240 g/mol. The van der Waals surface area contributed by atoms with Gasteiger partial charge in [0.1, 0.15) is 18.4 Å². The maximum atomic E-state index is 9.47. The number of aromatic nitrogens is 3. The number of aromatic hydroxyl groups is 1. The quantitative estimate of drug-likeness (QED) is 0.912. The van der Waals surface area contributed by atoms with Crippen LogP contribution in [-0.4, -0.2) is 37.9 Å². The van der Waals surface area contributed by atoms with Crippen LogP contribution in [0.3, 0.4) is 0 Å². The van der Waals surface area contributed by atoms with Crippen LogP contribution in [0, 0.1) is 0 Å². The van der Waals surface area contributed by atoms with Gasteiger partial charge in [-0.3, -0.25) is 4.90 Å². The summed E-state index contributed by atoms with van der Waals surface area (Å²) in [4.78, 5) is 2.43. The number of rotatable bonds is 3. The van der Waals surface area contributed by atoms with Crippen molar-refractivity contribution in [3.8, 4) is 5.75 Å². The van der Waals surface area contributed by atoms with Gasteiger partial charge in [-0.2, -0.15) is 0 Å². The highest BCUT2D eigenvalue weighted by Crippen LogP contribution is 2.23. The lowest BCUT2D eigenvalue weighted by Gasteiger charge is -2.32. The summed E-state index contributed by atoms with van der Waals surface area (Å²) >= 11 is 0. The molecule has 1 aliphatic rings. The molecular formula is C14H18N4O. The topological polar surface area (TPSA) is 54.2 Å². The average molecular weight is 258 g/mol. The first-order valence-electron chi connectivity index (χ1n) is 6.65. The van der Waals surface area contributed by atoms with Gasteiger partial charge in [-0.1, -0.05) is 12.1 Å². The largest absolute Gasteiger partial charge is 0.508 e. The van der Waals surface area contributed by atoms with Gasteiger partial charge in [0, 0.05) is 25.7 Å². The van der Waals surface area contributed by atoms with E-state index in [2.05, 4.69) is 25.7 Å². The first-order chi connectivity index (χ1) is 9.31. The second-order valence-electron chi connectivity index (χ2n) is 5.09. The van der Waals surface area contributed by atoms with E-state index in [0.29, 0.717) is 11.8 Å². The molecule has 5 heteroatoms. The zero-order valence-electron chi connectivity index (χ0n) is 10.8. The van der Waals surface area contributed by atoms with Gasteiger partial charge in [0.05, 0.1) is 0 Å². The minimum absolute atomic E-state index is 0.344. The Balaban J connectivity index is 1.56. The zero-order valence-corrected chi connectivity index (χ0v) is 10.8. The Morgan fingerprint density at radius 1 is 1.16 bits per heavy atom. The van der Waals surface area contributed by atoms with Crippen molar-refractivity contribution in [2.75, 3.05) is 13.1 Å². The molecule has 0 spiro atoms. The summed E-state index contributed by atoms with van der Waals surface area (Å²) in [7, 11) is 0. The highest BCUT2D eigenvalue weighted by Gasteiger charge is 2.20. The number of hydrogen-bond donors (Lipinski definition) is 1. The molecule has 0 aliphatic carbocycles. The molecule has 0 amide bonds. The molecule has 1 aliphatic heterocycles. The molecule has 0 saturated carbocycles. The van der Waals surface area contributed by atoms with E-state index in [1.165, 1.54) is 5.56 Å². The van der Waals surface area contributed by atoms with Gasteiger partial charge in [0.2, 0.25) is 0 Å². The number of benzene rings is 1. The van der Waals surface area contributed by atoms with Crippen LogP contribution in [0.25, 0.3) is 0 Å². The smallest absolute Gasteiger partial charge is 0.119 e. The van der Waals surface area contributed by atoms with Crippen molar-refractivity contribution in [3.63, 3.8) is 0 Å². The normalized spacial score (nSPS) is 17.7. The van der Waals surface area contributed by atoms with Gasteiger partial charge in [-0.15, -0.1) is 10.2 Å². The van der Waals surface area contributed by atoms with Crippen LogP contribution < -0.4 is 0 Å². The van der Waals surface area contributed by atoms with E-state index in [0.717, 1.165) is 32.5 Å². The van der Waals surface area contributed by atoms with Crippen LogP contribution in [0.5, 0.6) is 5.75 Å². The fourth-order valence-electron chi connectivity index (χ4n) is 2.69. The number of likely N-dealkylation sites (tertiary alicyclic amines) is 1. The van der Waals surface area contributed by atoms with Crippen LogP contribution in [0.1, 0.15) is 24.4 Å². The third-order valence-electron chi connectivity index (χ3n) is 3.73. The Morgan fingerprint density at radius 2 is 1.89 bits per heavy atom. The standard InChI is InChI=1S/C14H18N4O/c19-14-3-1-2-12(8-14)9-17-6-4-13(5-7-17)18-10-15-16-11-18/h1-3,8,10-11,13,19H,4-7,9H2. The molecule has 100 valence electrons. The number of phenols is 1. The van der Waals surface area contributed by atoms with E-state index < -0.39 is 0 Å². The predicted octanol–water partition coefficient (Wildman–Crippen LogP) is 1.82. The lowest BCUT2D eigenvalue weighted by molar-refractivity contribution is 0.179. The van der Waals surface area contributed by atoms with Gasteiger partial charge in [0.25, 0.3) is 0 Å². The van der Waals surface area contributed by atoms with Crippen molar-refractivity contribution in [3.05, 3.63) is 42.5 Å². The molecule has 5 nitrogen and oxygen atoms in total. The monoisotopic (exact) mass is 258 g/mol. The van der Waals surface area contributed by atoms with Crippen LogP contribution in [0.2, 0.25) is 0 Å². The van der Waals surface area contributed by atoms with Crippen LogP contribution in [0.4, 0.5) is 0 Å². The van der Waals surface area contributed by atoms with Crippen molar-refractivity contribution in [2.45, 2.75) is 25.4 Å². The van der Waals surface area contributed by atoms with E-state index in [1.54, 1.807) is 18.7 Å². The third-order valence-corrected chi connectivity index (χ3v) is 3.73. The fourth-order valence-corrected chi connectivity index (χ4v) is 2.69. The number of piperidine rings is 1. The van der Waals surface area contributed by atoms with Crippen molar-refractivity contribution in [1.82, 2.24) is 19.7 Å². The lowest BCUT2D eigenvalue weighted by Crippen LogP contribution is -2.33. The predicted molar refractivity (Wildman–Crippen MR) is 71.7 cm³/mol. The summed E-state index contributed by atoms with van der Waals surface area (Å²) in [6.07, 6.45) is 5.85. The summed E-state index contributed by atoms with van der Waals surface area (Å²) < 4.78 is 2.10. The minimum atomic E-state index is 0.344. The summed E-state index contributed by atoms with van der Waals surface area (Å²) in [5.41, 5.74) is 1.17. The SMILES string of the molecule is Oc1cccc(CN2CCC(n3cnnc3)CC2)c1. The first-order valence-corrected chi connectivity index (χ1v) is 6.65. The van der Waals surface area contributed by atoms with Crippen molar-refractivity contribution >= 4 is 0 Å². The summed E-state index contributed by atoms with van der Waals surface area (Å²) in [5.74, 6) is 0.344. The Hall–Kier alpha value is -1.88. The second-order valence-corrected chi connectivity index (χ2v) is 5.09. The number of hydrogen-bond acceptors (Lipinski definition) is 4. The molecule has 3 rings (SSSR count). The molecule has 2 aromatic rings. The van der Waals surface area contributed by atoms with Crippen molar-refractivity contribution < 1.29 is 5.11 Å². The summed E-state index contributed by atoms with van der Waals surface area (Å²) in [6, 6.07) is 8.03. The Kier molecular flexibility index (Phi) is 3.46. The number of phenolic OH excluding ortho intramolecular Hbond substituents is 1. The molecule has 1 aromatic carbocycles. The van der Waals surface area contributed by atoms with Crippen LogP contribution in [0.15, 0.2) is 36.9 Å². The first kappa shape index (κ1) is 12.2. The van der Waals surface area contributed by atoms with Crippen LogP contribution >= 0.6 is 0 Å². The maximum absolute atomic E-state index is 9.47. The third kappa shape index (κ3) is 2.93. The van der Waals surface area contributed by atoms with Gasteiger partial charge in [0.15, 0.2) is 0 Å². The number of nitrogens with zero attached hydrogens (tertiary/aromatic N) is 4. The fraction of sp³-hybridized carbons (Fsp3) is 0.429. The highest BCUT2D eigenvalue weighted by molar-refractivity contribution is 5.27. The summed E-state index contributed by atoms with van der Waals surface area (Å²) in [5, 5.41) is 17.2. The van der Waals surface area contributed by atoms with Crippen LogP contribution in [-0.2, 0) is 6.54 Å². The molecule has 1 fully saturated rings. The molecule has 19 heavy (non-hydrogen) atoms. The van der Waals surface area contributed by atoms with Crippen molar-refractivity contribution in [1.29, 1.82) is 0 Å². The van der Waals surface area contributed by atoms with E-state index in [9.17, 15) is 5.11 Å². The average Bonchev–Trinajstić information content (AvgIpc) is 2.94. The maximum Gasteiger partial charge on any atom is 0.119 e. The van der Waals surface area contributed by atoms with Gasteiger partial charge in [-0.05, 0) is 30.5 Å². The zero-order chi connectivity index (χ0) is 13.1. The van der Waals surface area contributed by atoms with Gasteiger partial charge < -0.3 is 9.67 Å². The Morgan fingerprint density at radius 3 is 2.58 bits per heavy atom. The second kappa shape index (κ2) is 5.40. The molecule has 1 aromatic heterocycles. The molecule has 2 heterocycles. The Bertz CT molecular complexity index is 518. The highest BCUT2D eigenvalue weighted by atomic mass is 16.3. The molecule has 0 bridgehead atoms. The molecule has 1 N–H and O–H groups in total. The van der Waals surface area contributed by atoms with E-state index in [4.69, 9.17) is 0 Å². The summed E-state index contributed by atoms with van der Waals surface area (Å²) in [6.45, 7) is 3.04. The minimum Gasteiger partial charge on any atom is -0.508 e. The lowest BCUT2D eigenvalue weighted by atomic mass is 10.0. The van der Waals surface area contributed by atoms with Gasteiger partial charge >= 0.3 is 0 Å². The van der Waals surface area contributed by atoms with E-state index >= 15 is 0 Å². The van der Waals surface area contributed by atoms with Crippen molar-refractivity contribution in [2.24, 2.45) is 0 Å². The van der Waals surface area contributed by atoms with E-state index in [1.807, 2.05) is 12.1 Å². The Labute approximate surface area is 112 Å². The molecule has 0 atom stereocenters. The molecule has 1 saturated heterocycles.